The summed E-state index contributed by atoms with van der Waals surface area (Å²) >= 11 is 6.14. The number of aromatic nitrogens is 2. The predicted octanol–water partition coefficient (Wildman–Crippen LogP) is 8.74. The highest BCUT2D eigenvalue weighted by atomic mass is 35.5. The molecule has 2 N–H and O–H groups in total. The van der Waals surface area contributed by atoms with E-state index in [-0.39, 0.29) is 18.2 Å². The van der Waals surface area contributed by atoms with E-state index >= 15 is 4.39 Å². The van der Waals surface area contributed by atoms with Crippen LogP contribution in [0.1, 0.15) is 54.1 Å². The zero-order chi connectivity index (χ0) is 31.6. The molecule has 0 radical (unpaired) electrons. The topological polar surface area (TPSA) is 98.0 Å². The van der Waals surface area contributed by atoms with Crippen molar-refractivity contribution in [3.63, 3.8) is 0 Å². The van der Waals surface area contributed by atoms with Crippen LogP contribution in [0.4, 0.5) is 10.1 Å². The van der Waals surface area contributed by atoms with Gasteiger partial charge in [0, 0.05) is 22.8 Å². The number of imidazole rings is 1. The third-order valence-corrected chi connectivity index (χ3v) is 8.80. The second-order valence-corrected chi connectivity index (χ2v) is 12.0. The maximum Gasteiger partial charge on any atom is 0.335 e. The van der Waals surface area contributed by atoms with Crippen molar-refractivity contribution >= 4 is 40.3 Å². The quantitative estimate of drug-likeness (QED) is 0.176. The molecule has 1 aromatic heterocycles. The number of amidine groups is 1. The van der Waals surface area contributed by atoms with Crippen molar-refractivity contribution in [3.05, 3.63) is 101 Å². The first-order valence-electron chi connectivity index (χ1n) is 15.4. The Labute approximate surface area is 270 Å². The second-order valence-electron chi connectivity index (χ2n) is 11.6. The number of carboxylic acid groups (broad SMARTS) is 1. The van der Waals surface area contributed by atoms with Gasteiger partial charge in [-0.05, 0) is 84.1 Å². The van der Waals surface area contributed by atoms with Gasteiger partial charge in [0.15, 0.2) is 0 Å². The van der Waals surface area contributed by atoms with Crippen molar-refractivity contribution in [1.82, 2.24) is 9.55 Å². The van der Waals surface area contributed by atoms with Gasteiger partial charge in [-0.2, -0.15) is 0 Å². The van der Waals surface area contributed by atoms with E-state index in [1.165, 1.54) is 12.5 Å². The van der Waals surface area contributed by atoms with Gasteiger partial charge in [-0.15, -0.1) is 0 Å². The summed E-state index contributed by atoms with van der Waals surface area (Å²) in [6.07, 6.45) is 5.27. The summed E-state index contributed by atoms with van der Waals surface area (Å²) in [5.41, 5.74) is 5.44. The lowest BCUT2D eigenvalue weighted by Gasteiger charge is -2.25. The van der Waals surface area contributed by atoms with Crippen LogP contribution in [0.3, 0.4) is 0 Å². The van der Waals surface area contributed by atoms with Gasteiger partial charge in [-0.3, -0.25) is 0 Å². The zero-order valence-corrected chi connectivity index (χ0v) is 25.8. The first-order valence-corrected chi connectivity index (χ1v) is 15.8. The maximum atomic E-state index is 15.9. The molecule has 0 atom stereocenters. The number of anilines is 1. The fraction of sp³-hybridized carbons (Fsp3) is 0.250. The van der Waals surface area contributed by atoms with E-state index in [1.807, 2.05) is 42.5 Å². The Kier molecular flexibility index (Phi) is 8.32. The van der Waals surface area contributed by atoms with E-state index in [9.17, 15) is 9.90 Å². The van der Waals surface area contributed by atoms with E-state index in [4.69, 9.17) is 26.1 Å². The molecule has 0 saturated heterocycles. The summed E-state index contributed by atoms with van der Waals surface area (Å²) in [4.78, 5) is 20.7. The molecule has 8 nitrogen and oxygen atoms in total. The van der Waals surface area contributed by atoms with Gasteiger partial charge in [-0.25, -0.2) is 19.2 Å². The summed E-state index contributed by atoms with van der Waals surface area (Å²) in [5.74, 6) is -0.620. The van der Waals surface area contributed by atoms with E-state index in [0.29, 0.717) is 46.9 Å². The van der Waals surface area contributed by atoms with Crippen LogP contribution in [0.25, 0.3) is 33.5 Å². The molecule has 1 saturated carbocycles. The molecule has 0 bridgehead atoms. The second kappa shape index (κ2) is 12.8. The van der Waals surface area contributed by atoms with Crippen molar-refractivity contribution in [1.29, 1.82) is 0 Å². The molecule has 7 rings (SSSR count). The van der Waals surface area contributed by atoms with Gasteiger partial charge in [0.25, 0.3) is 6.02 Å². The highest BCUT2D eigenvalue weighted by Gasteiger charge is 2.25. The lowest BCUT2D eigenvalue weighted by molar-refractivity contribution is 0.0697. The number of fused-ring (bicyclic) bond motifs is 1. The molecule has 4 aromatic carbocycles. The number of halogens is 2. The van der Waals surface area contributed by atoms with Gasteiger partial charge in [0.1, 0.15) is 30.6 Å². The molecule has 46 heavy (non-hydrogen) atoms. The maximum absolute atomic E-state index is 15.9. The van der Waals surface area contributed by atoms with Crippen molar-refractivity contribution in [2.45, 2.75) is 44.8 Å². The summed E-state index contributed by atoms with van der Waals surface area (Å²) in [6, 6.07) is 23.9. The lowest BCUT2D eigenvalue weighted by atomic mass is 9.94. The van der Waals surface area contributed by atoms with Crippen molar-refractivity contribution in [2.75, 3.05) is 18.5 Å². The molecular weight excluding hydrogens is 607 g/mol. The van der Waals surface area contributed by atoms with Crippen LogP contribution in [0, 0.1) is 5.82 Å². The number of nitrogens with one attached hydrogen (secondary N) is 1. The van der Waals surface area contributed by atoms with Crippen LogP contribution in [0.5, 0.6) is 5.75 Å². The van der Waals surface area contributed by atoms with E-state index in [2.05, 4.69) is 14.9 Å². The largest absolute Gasteiger partial charge is 0.489 e. The molecule has 1 fully saturated rings. The van der Waals surface area contributed by atoms with Crippen LogP contribution in [0.15, 0.2) is 83.9 Å². The SMILES string of the molecule is O=C(O)c1ccc2c(c1)nc(-c1ccc(OCc3cc(NC4=NCCO4)ccc3-c3ccc(Cl)cc3)cc1F)n2C1CCCCC1. The molecule has 0 unspecified atom stereocenters. The molecule has 10 heteroatoms. The minimum Gasteiger partial charge on any atom is -0.489 e. The first kappa shape index (κ1) is 29.8. The fourth-order valence-corrected chi connectivity index (χ4v) is 6.42. The molecule has 5 aromatic rings. The minimum absolute atomic E-state index is 0.151. The third kappa shape index (κ3) is 6.15. The standard InChI is InChI=1S/C36H32ClFN4O4/c37-25-9-6-22(7-10-25)29-13-11-26(40-36-39-16-17-45-36)18-24(29)21-46-28-12-14-30(31(38)20-28)34-41-32-19-23(35(43)44)8-15-33(32)42(34)27-4-2-1-3-5-27/h6-15,18-20,27H,1-5,16-17,21H2,(H,39,40)(H,43,44). The molecule has 1 aliphatic heterocycles. The number of carbonyl (C=O) groups is 1. The van der Waals surface area contributed by atoms with Crippen molar-refractivity contribution in [3.8, 4) is 28.3 Å². The molecular formula is C36H32ClFN4O4. The number of carboxylic acids is 1. The van der Waals surface area contributed by atoms with E-state index in [1.54, 1.807) is 30.3 Å². The number of hydrogen-bond acceptors (Lipinski definition) is 6. The van der Waals surface area contributed by atoms with Crippen LogP contribution in [-0.2, 0) is 11.3 Å². The van der Waals surface area contributed by atoms with Crippen LogP contribution in [-0.4, -0.2) is 39.8 Å². The third-order valence-electron chi connectivity index (χ3n) is 8.55. The van der Waals surface area contributed by atoms with Crippen LogP contribution < -0.4 is 10.1 Å². The summed E-state index contributed by atoms with van der Waals surface area (Å²) in [5, 5.41) is 13.4. The Morgan fingerprint density at radius 1 is 1.00 bits per heavy atom. The highest BCUT2D eigenvalue weighted by molar-refractivity contribution is 6.30. The lowest BCUT2D eigenvalue weighted by Crippen LogP contribution is -2.14. The normalized spacial score (nSPS) is 15.0. The molecule has 2 heterocycles. The molecule has 0 amide bonds. The van der Waals surface area contributed by atoms with Gasteiger partial charge in [0.2, 0.25) is 0 Å². The number of hydrogen-bond donors (Lipinski definition) is 2. The fourth-order valence-electron chi connectivity index (χ4n) is 6.29. The van der Waals surface area contributed by atoms with Crippen molar-refractivity contribution in [2.24, 2.45) is 4.99 Å². The number of rotatable bonds is 8. The summed E-state index contributed by atoms with van der Waals surface area (Å²) in [6.45, 7) is 1.34. The Morgan fingerprint density at radius 3 is 2.54 bits per heavy atom. The number of benzene rings is 4. The zero-order valence-electron chi connectivity index (χ0n) is 25.0. The van der Waals surface area contributed by atoms with Crippen molar-refractivity contribution < 1.29 is 23.8 Å². The number of aliphatic imine (C=N–C) groups is 1. The number of nitrogens with zero attached hydrogens (tertiary/aromatic N) is 3. The average molecular weight is 639 g/mol. The van der Waals surface area contributed by atoms with Gasteiger partial charge >= 0.3 is 5.97 Å². The highest BCUT2D eigenvalue weighted by Crippen LogP contribution is 2.38. The van der Waals surface area contributed by atoms with E-state index in [0.717, 1.165) is 53.6 Å². The summed E-state index contributed by atoms with van der Waals surface area (Å²) < 4.78 is 29.7. The van der Waals surface area contributed by atoms with Gasteiger partial charge in [0.05, 0.1) is 28.7 Å². The van der Waals surface area contributed by atoms with Gasteiger partial charge in [-0.1, -0.05) is 49.1 Å². The van der Waals surface area contributed by atoms with E-state index < -0.39 is 11.8 Å². The monoisotopic (exact) mass is 638 g/mol. The predicted molar refractivity (Wildman–Crippen MR) is 177 cm³/mol. The Hall–Kier alpha value is -4.89. The number of ether oxygens (including phenoxy) is 2. The smallest absolute Gasteiger partial charge is 0.335 e. The minimum atomic E-state index is -1.02. The summed E-state index contributed by atoms with van der Waals surface area (Å²) in [7, 11) is 0. The molecule has 1 aliphatic carbocycles. The van der Waals surface area contributed by atoms with Gasteiger partial charge < -0.3 is 24.5 Å². The molecule has 234 valence electrons. The molecule has 2 aliphatic rings. The Morgan fingerprint density at radius 2 is 1.80 bits per heavy atom. The Balaban J connectivity index is 1.19. The molecule has 0 spiro atoms. The van der Waals surface area contributed by atoms with Crippen LogP contribution in [0.2, 0.25) is 5.02 Å². The average Bonchev–Trinajstić information content (AvgIpc) is 3.72. The Bertz CT molecular complexity index is 1950. The first-order chi connectivity index (χ1) is 22.4. The number of aromatic carboxylic acids is 1. The van der Waals surface area contributed by atoms with Crippen LogP contribution >= 0.6 is 11.6 Å².